The van der Waals surface area contributed by atoms with Crippen LogP contribution < -0.4 is 0 Å². The normalized spacial score (nSPS) is 34.2. The molecule has 0 aromatic heterocycles. The highest BCUT2D eigenvalue weighted by atomic mass is 16.5. The van der Waals surface area contributed by atoms with Crippen LogP contribution in [0.15, 0.2) is 0 Å². The lowest BCUT2D eigenvalue weighted by Crippen LogP contribution is -2.54. The Morgan fingerprint density at radius 1 is 0.638 bits per heavy atom. The van der Waals surface area contributed by atoms with E-state index in [0.717, 1.165) is 67.1 Å². The molecule has 4 rings (SSSR count). The Balaban J connectivity index is 1.29. The van der Waals surface area contributed by atoms with Crippen molar-refractivity contribution in [2.75, 3.05) is 0 Å². The topological polar surface area (TPSA) is 26.3 Å². The van der Waals surface area contributed by atoms with Crippen molar-refractivity contribution in [3.63, 3.8) is 0 Å². The van der Waals surface area contributed by atoms with Crippen LogP contribution in [-0.4, -0.2) is 12.1 Å². The van der Waals surface area contributed by atoms with E-state index in [1.807, 2.05) is 0 Å². The van der Waals surface area contributed by atoms with Crippen molar-refractivity contribution in [2.24, 2.45) is 58.2 Å². The highest BCUT2D eigenvalue weighted by molar-refractivity contribution is 5.72. The van der Waals surface area contributed by atoms with E-state index in [-0.39, 0.29) is 18.0 Å². The summed E-state index contributed by atoms with van der Waals surface area (Å²) in [4.78, 5) is 13.7. The fraction of sp³-hybridized carbons (Fsp3) is 0.978. The average Bonchev–Trinajstić information content (AvgIpc) is 3.40. The maximum Gasteiger partial charge on any atom is 0.309 e. The molecule has 2 heteroatoms. The fourth-order valence-electron chi connectivity index (χ4n) is 12.3. The van der Waals surface area contributed by atoms with Crippen molar-refractivity contribution in [3.8, 4) is 0 Å². The number of hydrogen-bond donors (Lipinski definition) is 0. The Labute approximate surface area is 294 Å². The summed E-state index contributed by atoms with van der Waals surface area (Å²) in [5, 5.41) is 0. The monoisotopic (exact) mass is 655 g/mol. The van der Waals surface area contributed by atoms with Gasteiger partial charge in [-0.15, -0.1) is 0 Å². The van der Waals surface area contributed by atoms with Gasteiger partial charge in [0.2, 0.25) is 0 Å². The van der Waals surface area contributed by atoms with Gasteiger partial charge >= 0.3 is 5.97 Å². The minimum Gasteiger partial charge on any atom is -0.462 e. The summed E-state index contributed by atoms with van der Waals surface area (Å²) in [6.45, 7) is 17.4. The van der Waals surface area contributed by atoms with Crippen LogP contribution >= 0.6 is 0 Å². The lowest BCUT2D eigenvalue weighted by atomic mass is 9.44. The van der Waals surface area contributed by atoms with Crippen LogP contribution in [0.1, 0.15) is 215 Å². The third kappa shape index (κ3) is 10.3. The van der Waals surface area contributed by atoms with Gasteiger partial charge in [0.15, 0.2) is 0 Å². The van der Waals surface area contributed by atoms with E-state index in [4.69, 9.17) is 4.74 Å². The Hall–Kier alpha value is -0.530. The lowest BCUT2D eigenvalue weighted by Gasteiger charge is -2.61. The largest absolute Gasteiger partial charge is 0.462 e. The quantitative estimate of drug-likeness (QED) is 0.0909. The Kier molecular flexibility index (Phi) is 16.0. The van der Waals surface area contributed by atoms with Gasteiger partial charge < -0.3 is 4.74 Å². The Morgan fingerprint density at radius 3 is 1.87 bits per heavy atom. The molecule has 0 heterocycles. The zero-order valence-corrected chi connectivity index (χ0v) is 32.9. The number of hydrogen-bond acceptors (Lipinski definition) is 2. The van der Waals surface area contributed by atoms with E-state index >= 15 is 0 Å². The van der Waals surface area contributed by atoms with Crippen LogP contribution in [0.3, 0.4) is 0 Å². The molecule has 4 aliphatic carbocycles. The van der Waals surface area contributed by atoms with Crippen LogP contribution in [0.4, 0.5) is 0 Å². The van der Waals surface area contributed by atoms with Crippen LogP contribution in [0, 0.1) is 58.2 Å². The number of fused-ring (bicyclic) bond motifs is 5. The van der Waals surface area contributed by atoms with Crippen molar-refractivity contribution in [2.45, 2.75) is 222 Å². The number of rotatable bonds is 21. The maximum absolute atomic E-state index is 13.7. The van der Waals surface area contributed by atoms with Crippen molar-refractivity contribution in [1.29, 1.82) is 0 Å². The van der Waals surface area contributed by atoms with E-state index in [1.54, 1.807) is 0 Å². The number of ether oxygens (including phenoxy) is 1. The molecule has 0 amide bonds. The van der Waals surface area contributed by atoms with Crippen LogP contribution in [-0.2, 0) is 9.53 Å². The standard InChI is InChI=1S/C45H82O2/c1-8-10-12-14-16-18-23-36(24-19-17-15-13-11-9-2)43(46)47-38-29-31-44(6)37(33-38)25-26-39-41-28-27-40(35(5)22-20-21-34(3)4)45(41,7)32-30-42(39)44/h34-42H,8-33H2,1-7H3/t35-,37?,38?,39?,40-,41?,42?,44+,45-/m1/s1. The average molecular weight is 655 g/mol. The van der Waals surface area contributed by atoms with Crippen molar-refractivity contribution < 1.29 is 9.53 Å². The number of carbonyl (C=O) groups is 1. The smallest absolute Gasteiger partial charge is 0.309 e. The highest BCUT2D eigenvalue weighted by Crippen LogP contribution is 2.68. The third-order valence-corrected chi connectivity index (χ3v) is 15.2. The van der Waals surface area contributed by atoms with Crippen LogP contribution in [0.5, 0.6) is 0 Å². The van der Waals surface area contributed by atoms with Crippen molar-refractivity contribution in [1.82, 2.24) is 0 Å². The number of unbranched alkanes of at least 4 members (excludes halogenated alkanes) is 10. The maximum atomic E-state index is 13.7. The third-order valence-electron chi connectivity index (χ3n) is 15.2. The Bertz CT molecular complexity index is 878. The molecule has 0 aromatic carbocycles. The molecule has 0 aromatic rings. The predicted octanol–water partition coefficient (Wildman–Crippen LogP) is 14.1. The number of carbonyl (C=O) groups excluding carboxylic acids is 1. The molecule has 274 valence electrons. The molecule has 0 N–H and O–H groups in total. The summed E-state index contributed by atoms with van der Waals surface area (Å²) in [6, 6.07) is 0. The molecule has 4 fully saturated rings. The first-order valence-corrected chi connectivity index (χ1v) is 21.8. The molecular formula is C45H82O2. The van der Waals surface area contributed by atoms with E-state index in [0.29, 0.717) is 10.8 Å². The number of esters is 1. The second-order valence-corrected chi connectivity index (χ2v) is 18.8. The van der Waals surface area contributed by atoms with Crippen molar-refractivity contribution >= 4 is 5.97 Å². The van der Waals surface area contributed by atoms with Gasteiger partial charge in [-0.25, -0.2) is 0 Å². The highest BCUT2D eigenvalue weighted by Gasteiger charge is 2.60. The molecule has 0 spiro atoms. The molecule has 0 bridgehead atoms. The Morgan fingerprint density at radius 2 is 1.23 bits per heavy atom. The first-order valence-electron chi connectivity index (χ1n) is 21.8. The first-order chi connectivity index (χ1) is 22.6. The van der Waals surface area contributed by atoms with Crippen LogP contribution in [0.25, 0.3) is 0 Å². The van der Waals surface area contributed by atoms with Crippen molar-refractivity contribution in [3.05, 3.63) is 0 Å². The molecular weight excluding hydrogens is 572 g/mol. The van der Waals surface area contributed by atoms with Gasteiger partial charge in [-0.2, -0.15) is 0 Å². The summed E-state index contributed by atoms with van der Waals surface area (Å²) in [5.41, 5.74) is 1.04. The van der Waals surface area contributed by atoms with E-state index in [1.165, 1.54) is 141 Å². The molecule has 2 nitrogen and oxygen atoms in total. The van der Waals surface area contributed by atoms with E-state index < -0.39 is 0 Å². The predicted molar refractivity (Wildman–Crippen MR) is 202 cm³/mol. The van der Waals surface area contributed by atoms with Gasteiger partial charge in [0.1, 0.15) is 6.10 Å². The SMILES string of the molecule is CCCCCCCCC(CCCCCCCC)C(=O)OC1CC[C@@]2(C)C(CCC3C2CC[C@@]2(C)C3CC[C@@H]2[C@H](C)CCCC(C)C)C1. The van der Waals surface area contributed by atoms with Gasteiger partial charge in [-0.1, -0.05) is 145 Å². The van der Waals surface area contributed by atoms with Gasteiger partial charge in [0.25, 0.3) is 0 Å². The fourth-order valence-corrected chi connectivity index (χ4v) is 12.3. The zero-order chi connectivity index (χ0) is 33.9. The van der Waals surface area contributed by atoms with E-state index in [2.05, 4.69) is 48.5 Å². The molecule has 0 radical (unpaired) electrons. The molecule has 4 saturated carbocycles. The molecule has 47 heavy (non-hydrogen) atoms. The molecule has 5 unspecified atom stereocenters. The summed E-state index contributed by atoms with van der Waals surface area (Å²) in [6.07, 6.45) is 34.5. The summed E-state index contributed by atoms with van der Waals surface area (Å²) in [5.74, 6) is 6.54. The molecule has 9 atom stereocenters. The van der Waals surface area contributed by atoms with Gasteiger partial charge in [0.05, 0.1) is 5.92 Å². The first kappa shape index (κ1) is 39.3. The summed E-state index contributed by atoms with van der Waals surface area (Å²) in [7, 11) is 0. The minimum absolute atomic E-state index is 0.135. The minimum atomic E-state index is 0.135. The second kappa shape index (κ2) is 19.2. The molecule has 0 saturated heterocycles. The van der Waals surface area contributed by atoms with E-state index in [9.17, 15) is 4.79 Å². The zero-order valence-electron chi connectivity index (χ0n) is 32.9. The van der Waals surface area contributed by atoms with Gasteiger partial charge in [-0.05, 0) is 123 Å². The lowest BCUT2D eigenvalue weighted by molar-refractivity contribution is -0.167. The van der Waals surface area contributed by atoms with Gasteiger partial charge in [-0.3, -0.25) is 4.79 Å². The summed E-state index contributed by atoms with van der Waals surface area (Å²) < 4.78 is 6.51. The van der Waals surface area contributed by atoms with Crippen LogP contribution in [0.2, 0.25) is 0 Å². The second-order valence-electron chi connectivity index (χ2n) is 18.8. The molecule has 4 aliphatic rings. The summed E-state index contributed by atoms with van der Waals surface area (Å²) >= 11 is 0. The molecule has 0 aliphatic heterocycles. The van der Waals surface area contributed by atoms with Gasteiger partial charge in [0, 0.05) is 0 Å².